The Labute approximate surface area is 109 Å². The lowest BCUT2D eigenvalue weighted by Crippen LogP contribution is -2.51. The van der Waals surface area contributed by atoms with Crippen molar-refractivity contribution in [1.82, 2.24) is 9.80 Å². The van der Waals surface area contributed by atoms with Gasteiger partial charge in [-0.2, -0.15) is 0 Å². The molecule has 0 aromatic rings. The number of nitrogens with zero attached hydrogens (tertiary/aromatic N) is 2. The van der Waals surface area contributed by atoms with E-state index in [0.29, 0.717) is 0 Å². The lowest BCUT2D eigenvalue weighted by atomic mass is 10.00. The summed E-state index contributed by atoms with van der Waals surface area (Å²) < 4.78 is 0. The van der Waals surface area contributed by atoms with Crippen molar-refractivity contribution in [2.24, 2.45) is 0 Å². The van der Waals surface area contributed by atoms with Gasteiger partial charge in [0.2, 0.25) is 0 Å². The van der Waals surface area contributed by atoms with Crippen molar-refractivity contribution >= 4 is 11.8 Å². The normalized spacial score (nSPS) is 25.1. The highest BCUT2D eigenvalue weighted by Gasteiger charge is 2.32. The number of likely N-dealkylation sites (tertiary alicyclic amines) is 2. The second-order valence-corrected chi connectivity index (χ2v) is 5.41. The Bertz CT molecular complexity index is 311. The van der Waals surface area contributed by atoms with Gasteiger partial charge in [0.05, 0.1) is 0 Å². The van der Waals surface area contributed by atoms with Crippen LogP contribution < -0.4 is 0 Å². The molecule has 0 N–H and O–H groups in total. The fraction of sp³-hybridized carbons (Fsp3) is 0.857. The van der Waals surface area contributed by atoms with Crippen molar-refractivity contribution in [3.63, 3.8) is 0 Å². The van der Waals surface area contributed by atoms with Crippen LogP contribution in [0.25, 0.3) is 0 Å². The maximum Gasteiger partial charge on any atom is 0.312 e. The highest BCUT2D eigenvalue weighted by molar-refractivity contribution is 6.35. The number of amides is 2. The van der Waals surface area contributed by atoms with Gasteiger partial charge in [0, 0.05) is 25.7 Å². The van der Waals surface area contributed by atoms with Crippen molar-refractivity contribution in [3.05, 3.63) is 0 Å². The maximum absolute atomic E-state index is 12.3. The van der Waals surface area contributed by atoms with Crippen molar-refractivity contribution < 1.29 is 9.59 Å². The number of piperidine rings is 2. The maximum atomic E-state index is 12.3. The van der Waals surface area contributed by atoms with E-state index < -0.39 is 0 Å². The zero-order valence-electron chi connectivity index (χ0n) is 11.4. The molecule has 0 aliphatic carbocycles. The van der Waals surface area contributed by atoms with Gasteiger partial charge in [0.15, 0.2) is 0 Å². The number of carbonyl (C=O) groups excluding carboxylic acids is 2. The first kappa shape index (κ1) is 13.4. The second kappa shape index (κ2) is 6.21. The van der Waals surface area contributed by atoms with Crippen LogP contribution in [0.2, 0.25) is 0 Å². The molecule has 2 heterocycles. The van der Waals surface area contributed by atoms with Gasteiger partial charge in [-0.1, -0.05) is 6.92 Å². The van der Waals surface area contributed by atoms with E-state index in [-0.39, 0.29) is 17.9 Å². The van der Waals surface area contributed by atoms with Gasteiger partial charge >= 0.3 is 11.8 Å². The first-order chi connectivity index (χ1) is 8.74. The molecular formula is C14H24N2O2. The molecule has 2 rings (SSSR count). The Balaban J connectivity index is 1.97. The Morgan fingerprint density at radius 2 is 1.61 bits per heavy atom. The van der Waals surface area contributed by atoms with Crippen LogP contribution in [0.3, 0.4) is 0 Å². The van der Waals surface area contributed by atoms with Gasteiger partial charge in [0.1, 0.15) is 0 Å². The summed E-state index contributed by atoms with van der Waals surface area (Å²) in [4.78, 5) is 28.1. The zero-order valence-corrected chi connectivity index (χ0v) is 11.4. The van der Waals surface area contributed by atoms with Crippen LogP contribution in [0.4, 0.5) is 0 Å². The molecule has 0 aromatic heterocycles. The summed E-state index contributed by atoms with van der Waals surface area (Å²) in [5, 5.41) is 0. The van der Waals surface area contributed by atoms with Crippen LogP contribution in [-0.4, -0.2) is 47.3 Å². The lowest BCUT2D eigenvalue weighted by molar-refractivity contribution is -0.154. The molecule has 0 saturated carbocycles. The highest BCUT2D eigenvalue weighted by atomic mass is 16.2. The number of rotatable bonds is 1. The van der Waals surface area contributed by atoms with Crippen molar-refractivity contribution in [2.45, 2.75) is 57.9 Å². The SMILES string of the molecule is CCC1CCCCN1C(=O)C(=O)N1CCCCC1. The van der Waals surface area contributed by atoms with Crippen LogP contribution >= 0.6 is 0 Å². The molecule has 2 aliphatic heterocycles. The van der Waals surface area contributed by atoms with Gasteiger partial charge < -0.3 is 9.80 Å². The molecule has 4 nitrogen and oxygen atoms in total. The zero-order chi connectivity index (χ0) is 13.0. The molecule has 0 spiro atoms. The fourth-order valence-corrected chi connectivity index (χ4v) is 3.05. The molecule has 2 aliphatic rings. The Morgan fingerprint density at radius 1 is 0.944 bits per heavy atom. The first-order valence-corrected chi connectivity index (χ1v) is 7.34. The molecule has 1 unspecified atom stereocenters. The van der Waals surface area contributed by atoms with Crippen molar-refractivity contribution in [1.29, 1.82) is 0 Å². The lowest BCUT2D eigenvalue weighted by Gasteiger charge is -2.36. The third kappa shape index (κ3) is 2.85. The van der Waals surface area contributed by atoms with E-state index in [9.17, 15) is 9.59 Å². The summed E-state index contributed by atoms with van der Waals surface area (Å²) >= 11 is 0. The molecule has 0 bridgehead atoms. The van der Waals surface area contributed by atoms with E-state index in [1.807, 2.05) is 4.90 Å². The standard InChI is InChI=1S/C14H24N2O2/c1-2-12-8-4-7-11-16(12)14(18)13(17)15-9-5-3-6-10-15/h12H,2-11H2,1H3. The minimum Gasteiger partial charge on any atom is -0.334 e. The predicted molar refractivity (Wildman–Crippen MR) is 70.1 cm³/mol. The quantitative estimate of drug-likeness (QED) is 0.668. The minimum absolute atomic E-state index is 0.261. The topological polar surface area (TPSA) is 40.6 Å². The average molecular weight is 252 g/mol. The van der Waals surface area contributed by atoms with Gasteiger partial charge in [-0.3, -0.25) is 9.59 Å². The van der Waals surface area contributed by atoms with E-state index in [4.69, 9.17) is 0 Å². The van der Waals surface area contributed by atoms with Gasteiger partial charge in [0.25, 0.3) is 0 Å². The molecule has 2 amide bonds. The van der Waals surface area contributed by atoms with Crippen LogP contribution in [0.15, 0.2) is 0 Å². The molecule has 2 saturated heterocycles. The summed E-state index contributed by atoms with van der Waals surface area (Å²) in [6, 6.07) is 0.278. The number of hydrogen-bond donors (Lipinski definition) is 0. The molecule has 0 radical (unpaired) electrons. The van der Waals surface area contributed by atoms with E-state index in [1.165, 1.54) is 12.8 Å². The van der Waals surface area contributed by atoms with Crippen molar-refractivity contribution in [3.8, 4) is 0 Å². The van der Waals surface area contributed by atoms with Crippen LogP contribution in [0.1, 0.15) is 51.9 Å². The number of carbonyl (C=O) groups is 2. The highest BCUT2D eigenvalue weighted by Crippen LogP contribution is 2.20. The smallest absolute Gasteiger partial charge is 0.312 e. The van der Waals surface area contributed by atoms with Crippen LogP contribution in [-0.2, 0) is 9.59 Å². The molecule has 4 heteroatoms. The monoisotopic (exact) mass is 252 g/mol. The summed E-state index contributed by atoms with van der Waals surface area (Å²) in [6.07, 6.45) is 7.48. The van der Waals surface area contributed by atoms with Gasteiger partial charge in [-0.15, -0.1) is 0 Å². The Morgan fingerprint density at radius 3 is 2.28 bits per heavy atom. The van der Waals surface area contributed by atoms with E-state index in [1.54, 1.807) is 4.90 Å². The molecule has 2 fully saturated rings. The molecular weight excluding hydrogens is 228 g/mol. The van der Waals surface area contributed by atoms with E-state index in [2.05, 4.69) is 6.92 Å². The van der Waals surface area contributed by atoms with Crippen LogP contribution in [0.5, 0.6) is 0 Å². The Kier molecular flexibility index (Phi) is 4.61. The predicted octanol–water partition coefficient (Wildman–Crippen LogP) is 1.79. The van der Waals surface area contributed by atoms with Gasteiger partial charge in [-0.25, -0.2) is 0 Å². The van der Waals surface area contributed by atoms with Crippen molar-refractivity contribution in [2.75, 3.05) is 19.6 Å². The van der Waals surface area contributed by atoms with E-state index in [0.717, 1.165) is 51.7 Å². The third-order valence-corrected chi connectivity index (χ3v) is 4.19. The minimum atomic E-state index is -0.268. The summed E-state index contributed by atoms with van der Waals surface area (Å²) in [5.41, 5.74) is 0. The first-order valence-electron chi connectivity index (χ1n) is 7.34. The summed E-state index contributed by atoms with van der Waals surface area (Å²) in [7, 11) is 0. The second-order valence-electron chi connectivity index (χ2n) is 5.41. The van der Waals surface area contributed by atoms with Crippen LogP contribution in [0, 0.1) is 0 Å². The molecule has 102 valence electrons. The largest absolute Gasteiger partial charge is 0.334 e. The summed E-state index contributed by atoms with van der Waals surface area (Å²) in [5.74, 6) is -0.529. The fourth-order valence-electron chi connectivity index (χ4n) is 3.05. The molecule has 18 heavy (non-hydrogen) atoms. The summed E-state index contributed by atoms with van der Waals surface area (Å²) in [6.45, 7) is 4.38. The third-order valence-electron chi connectivity index (χ3n) is 4.19. The Hall–Kier alpha value is -1.06. The molecule has 0 aromatic carbocycles. The average Bonchev–Trinajstić information content (AvgIpc) is 2.46. The number of hydrogen-bond acceptors (Lipinski definition) is 2. The van der Waals surface area contributed by atoms with E-state index >= 15 is 0 Å². The molecule has 1 atom stereocenters. The van der Waals surface area contributed by atoms with Gasteiger partial charge in [-0.05, 0) is 44.9 Å².